The number of primary amides is 1. The van der Waals surface area contributed by atoms with E-state index in [1.54, 1.807) is 7.11 Å². The van der Waals surface area contributed by atoms with Crippen LogP contribution in [0.1, 0.15) is 39.5 Å². The van der Waals surface area contributed by atoms with Crippen LogP contribution in [-0.2, 0) is 9.53 Å². The molecule has 2 atom stereocenters. The molecule has 0 aromatic carbocycles. The van der Waals surface area contributed by atoms with Crippen LogP contribution in [0.25, 0.3) is 0 Å². The van der Waals surface area contributed by atoms with Crippen LogP contribution in [0.3, 0.4) is 0 Å². The van der Waals surface area contributed by atoms with Crippen LogP contribution in [0, 0.1) is 0 Å². The van der Waals surface area contributed by atoms with Crippen molar-refractivity contribution in [2.24, 2.45) is 5.73 Å². The first-order valence-electron chi connectivity index (χ1n) is 7.16. The van der Waals surface area contributed by atoms with Crippen molar-refractivity contribution < 1.29 is 9.53 Å². The molecular formula is C14H29N3O2. The maximum absolute atomic E-state index is 11.7. The second-order valence-electron chi connectivity index (χ2n) is 6.00. The van der Waals surface area contributed by atoms with Crippen molar-refractivity contribution in [1.29, 1.82) is 0 Å². The number of hydrogen-bond donors (Lipinski definition) is 2. The van der Waals surface area contributed by atoms with Gasteiger partial charge >= 0.3 is 0 Å². The Balaban J connectivity index is 2.45. The number of amides is 1. The molecule has 0 aromatic heterocycles. The summed E-state index contributed by atoms with van der Waals surface area (Å²) >= 11 is 0. The van der Waals surface area contributed by atoms with Crippen LogP contribution in [0.4, 0.5) is 0 Å². The minimum atomic E-state index is -0.601. The van der Waals surface area contributed by atoms with Gasteiger partial charge in [0.05, 0.1) is 5.54 Å². The number of ether oxygens (including phenoxy) is 1. The highest BCUT2D eigenvalue weighted by Gasteiger charge is 2.38. The summed E-state index contributed by atoms with van der Waals surface area (Å²) in [5, 5.41) is 3.39. The number of nitrogens with zero attached hydrogens (tertiary/aromatic N) is 1. The van der Waals surface area contributed by atoms with Crippen LogP contribution in [0.15, 0.2) is 0 Å². The average molecular weight is 271 g/mol. The van der Waals surface area contributed by atoms with Crippen LogP contribution >= 0.6 is 0 Å². The van der Waals surface area contributed by atoms with Crippen molar-refractivity contribution in [3.63, 3.8) is 0 Å². The first kappa shape index (κ1) is 16.4. The third kappa shape index (κ3) is 5.47. The Morgan fingerprint density at radius 1 is 1.58 bits per heavy atom. The molecule has 1 saturated carbocycles. The van der Waals surface area contributed by atoms with E-state index in [-0.39, 0.29) is 5.91 Å². The minimum absolute atomic E-state index is 0.253. The van der Waals surface area contributed by atoms with E-state index in [9.17, 15) is 4.79 Å². The van der Waals surface area contributed by atoms with Crippen molar-refractivity contribution in [1.82, 2.24) is 10.2 Å². The Hall–Kier alpha value is -0.650. The lowest BCUT2D eigenvalue weighted by atomic mass is 9.92. The third-order valence-corrected chi connectivity index (χ3v) is 3.96. The molecule has 0 bridgehead atoms. The first-order valence-corrected chi connectivity index (χ1v) is 7.16. The maximum atomic E-state index is 11.7. The molecule has 0 spiro atoms. The van der Waals surface area contributed by atoms with Gasteiger partial charge in [-0.25, -0.2) is 0 Å². The topological polar surface area (TPSA) is 67.6 Å². The molecule has 0 radical (unpaired) electrons. The van der Waals surface area contributed by atoms with Crippen LogP contribution in [-0.4, -0.2) is 55.7 Å². The summed E-state index contributed by atoms with van der Waals surface area (Å²) in [6.07, 6.45) is 4.05. The van der Waals surface area contributed by atoms with Gasteiger partial charge < -0.3 is 20.7 Å². The summed E-state index contributed by atoms with van der Waals surface area (Å²) in [7, 11) is 3.80. The number of methoxy groups -OCH3 is 1. The highest BCUT2D eigenvalue weighted by Crippen LogP contribution is 2.25. The van der Waals surface area contributed by atoms with Gasteiger partial charge in [0.1, 0.15) is 0 Å². The lowest BCUT2D eigenvalue weighted by Crippen LogP contribution is -2.56. The van der Waals surface area contributed by atoms with E-state index >= 15 is 0 Å². The number of rotatable bonds is 10. The van der Waals surface area contributed by atoms with Crippen molar-refractivity contribution in [3.05, 3.63) is 0 Å². The molecule has 1 aliphatic carbocycles. The summed E-state index contributed by atoms with van der Waals surface area (Å²) in [6.45, 7) is 5.80. The Labute approximate surface area is 116 Å². The molecule has 2 unspecified atom stereocenters. The molecule has 112 valence electrons. The van der Waals surface area contributed by atoms with Crippen LogP contribution < -0.4 is 11.1 Å². The minimum Gasteiger partial charge on any atom is -0.385 e. The lowest BCUT2D eigenvalue weighted by molar-refractivity contribution is -0.124. The van der Waals surface area contributed by atoms with E-state index < -0.39 is 5.54 Å². The number of carbonyl (C=O) groups excluding carboxylic acids is 1. The molecule has 1 rings (SSSR count). The lowest BCUT2D eigenvalue weighted by Gasteiger charge is -2.34. The van der Waals surface area contributed by atoms with Crippen LogP contribution in [0.2, 0.25) is 0 Å². The molecule has 1 amide bonds. The number of nitrogens with two attached hydrogens (primary N) is 1. The standard InChI is InChI=1S/C14H29N3O2/c1-11(17(3)8-5-9-19-4)10-14(2,13(15)18)16-12-6-7-12/h11-12,16H,5-10H2,1-4H3,(H2,15,18). The summed E-state index contributed by atoms with van der Waals surface area (Å²) in [6, 6.07) is 0.782. The Morgan fingerprint density at radius 2 is 2.21 bits per heavy atom. The predicted molar refractivity (Wildman–Crippen MR) is 77.0 cm³/mol. The van der Waals surface area contributed by atoms with Gasteiger partial charge in [-0.15, -0.1) is 0 Å². The number of carbonyl (C=O) groups is 1. The second kappa shape index (κ2) is 7.22. The Bertz CT molecular complexity index is 294. The monoisotopic (exact) mass is 271 g/mol. The van der Waals surface area contributed by atoms with Crippen molar-refractivity contribution in [2.75, 3.05) is 27.3 Å². The van der Waals surface area contributed by atoms with Gasteiger partial charge in [0.15, 0.2) is 0 Å². The summed E-state index contributed by atoms with van der Waals surface area (Å²) in [5.41, 5.74) is 4.98. The molecule has 19 heavy (non-hydrogen) atoms. The molecule has 3 N–H and O–H groups in total. The third-order valence-electron chi connectivity index (χ3n) is 3.96. The second-order valence-corrected chi connectivity index (χ2v) is 6.00. The largest absolute Gasteiger partial charge is 0.385 e. The molecule has 5 nitrogen and oxygen atoms in total. The van der Waals surface area contributed by atoms with Crippen molar-refractivity contribution >= 4 is 5.91 Å². The molecule has 0 aliphatic heterocycles. The van der Waals surface area contributed by atoms with Gasteiger partial charge in [-0.2, -0.15) is 0 Å². The molecule has 0 aromatic rings. The van der Waals surface area contributed by atoms with Gasteiger partial charge in [-0.3, -0.25) is 4.79 Å². The fraction of sp³-hybridized carbons (Fsp3) is 0.929. The van der Waals surface area contributed by atoms with Crippen molar-refractivity contribution in [2.45, 2.75) is 57.2 Å². The van der Waals surface area contributed by atoms with Gasteiger partial charge in [0, 0.05) is 32.3 Å². The highest BCUT2D eigenvalue weighted by atomic mass is 16.5. The summed E-state index contributed by atoms with van der Waals surface area (Å²) in [4.78, 5) is 14.0. The maximum Gasteiger partial charge on any atom is 0.237 e. The van der Waals surface area contributed by atoms with E-state index in [1.807, 2.05) is 6.92 Å². The van der Waals surface area contributed by atoms with E-state index in [2.05, 4.69) is 24.2 Å². The zero-order valence-electron chi connectivity index (χ0n) is 12.7. The predicted octanol–water partition coefficient (Wildman–Crippen LogP) is 0.729. The SMILES string of the molecule is COCCCN(C)C(C)CC(C)(NC1CC1)C(N)=O. The highest BCUT2D eigenvalue weighted by molar-refractivity contribution is 5.84. The molecule has 0 saturated heterocycles. The average Bonchev–Trinajstić information content (AvgIpc) is 3.12. The fourth-order valence-electron chi connectivity index (χ4n) is 2.33. The van der Waals surface area contributed by atoms with Gasteiger partial charge in [-0.1, -0.05) is 0 Å². The zero-order valence-corrected chi connectivity index (χ0v) is 12.7. The smallest absolute Gasteiger partial charge is 0.237 e. The van der Waals surface area contributed by atoms with E-state index in [0.717, 1.165) is 38.8 Å². The first-order chi connectivity index (χ1) is 8.89. The fourth-order valence-corrected chi connectivity index (χ4v) is 2.33. The molecule has 1 aliphatic rings. The molecule has 1 fully saturated rings. The normalized spacial score (nSPS) is 20.3. The van der Waals surface area contributed by atoms with E-state index in [0.29, 0.717) is 12.1 Å². The molecule has 0 heterocycles. The van der Waals surface area contributed by atoms with Gasteiger partial charge in [0.2, 0.25) is 5.91 Å². The van der Waals surface area contributed by atoms with E-state index in [1.165, 1.54) is 0 Å². The number of nitrogens with one attached hydrogen (secondary N) is 1. The Kier molecular flexibility index (Phi) is 6.23. The van der Waals surface area contributed by atoms with Gasteiger partial charge in [-0.05, 0) is 46.6 Å². The van der Waals surface area contributed by atoms with E-state index in [4.69, 9.17) is 10.5 Å². The quantitative estimate of drug-likeness (QED) is 0.575. The Morgan fingerprint density at radius 3 is 2.68 bits per heavy atom. The molecular weight excluding hydrogens is 242 g/mol. The summed E-state index contributed by atoms with van der Waals surface area (Å²) < 4.78 is 5.06. The number of hydrogen-bond acceptors (Lipinski definition) is 4. The van der Waals surface area contributed by atoms with Gasteiger partial charge in [0.25, 0.3) is 0 Å². The van der Waals surface area contributed by atoms with Crippen molar-refractivity contribution in [3.8, 4) is 0 Å². The summed E-state index contributed by atoms with van der Waals surface area (Å²) in [5.74, 6) is -0.253. The molecule has 5 heteroatoms. The zero-order chi connectivity index (χ0) is 14.5. The van der Waals surface area contributed by atoms with Crippen LogP contribution in [0.5, 0.6) is 0 Å².